The summed E-state index contributed by atoms with van der Waals surface area (Å²) in [7, 11) is 0. The fraction of sp³-hybridized carbons (Fsp3) is 0.690. The summed E-state index contributed by atoms with van der Waals surface area (Å²) in [5.74, 6) is -0.336. The molecule has 0 radical (unpaired) electrons. The Kier molecular flexibility index (Phi) is 12.4. The number of unbranched alkanes of at least 4 members (excludes halogenated alkanes) is 1. The maximum atomic E-state index is 14.2. The van der Waals surface area contributed by atoms with E-state index in [1.807, 2.05) is 59.7 Å². The van der Waals surface area contributed by atoms with Crippen molar-refractivity contribution in [1.82, 2.24) is 15.5 Å². The van der Waals surface area contributed by atoms with Crippen molar-refractivity contribution in [1.29, 1.82) is 0 Å². The summed E-state index contributed by atoms with van der Waals surface area (Å²) in [4.78, 5) is 42.2. The van der Waals surface area contributed by atoms with Crippen LogP contribution < -0.4 is 10.6 Å². The van der Waals surface area contributed by atoms with Gasteiger partial charge in [0.15, 0.2) is 0 Å². The number of hydrogen-bond donors (Lipinski definition) is 2. The SMILES string of the molecule is CCCCNC(=O)C(c1cccc(C)c1C)N(C(=O)C(CC(C)C)NC(=O)OC(C)(C)C)C(C)CC. The molecule has 0 aliphatic carbocycles. The normalized spacial score (nSPS) is 14.1. The standard InChI is InChI=1S/C29H49N3O4/c1-11-13-17-30-26(33)25(23-16-14-15-20(5)22(23)7)32(21(6)12-2)27(34)24(18-19(3)4)31-28(35)36-29(8,9)10/h14-16,19,21,24-25H,11-13,17-18H2,1-10H3,(H,30,33)(H,31,35). The quantitative estimate of drug-likeness (QED) is 0.352. The molecule has 3 amide bonds. The topological polar surface area (TPSA) is 87.7 Å². The molecule has 7 heteroatoms. The number of carbonyl (C=O) groups is 3. The summed E-state index contributed by atoms with van der Waals surface area (Å²) in [5.41, 5.74) is 2.15. The molecule has 0 aliphatic heterocycles. The Labute approximate surface area is 218 Å². The summed E-state index contributed by atoms with van der Waals surface area (Å²) < 4.78 is 5.46. The lowest BCUT2D eigenvalue weighted by molar-refractivity contribution is -0.145. The minimum absolute atomic E-state index is 0.144. The van der Waals surface area contributed by atoms with Crippen molar-refractivity contribution in [3.05, 3.63) is 34.9 Å². The van der Waals surface area contributed by atoms with Gasteiger partial charge in [0, 0.05) is 12.6 Å². The molecule has 0 bridgehead atoms. The molecular weight excluding hydrogens is 454 g/mol. The van der Waals surface area contributed by atoms with Gasteiger partial charge in [-0.25, -0.2) is 4.79 Å². The van der Waals surface area contributed by atoms with Crippen LogP contribution in [0.1, 0.15) is 104 Å². The highest BCUT2D eigenvalue weighted by Crippen LogP contribution is 2.30. The maximum absolute atomic E-state index is 14.2. The second-order valence-electron chi connectivity index (χ2n) is 11.2. The number of ether oxygens (including phenoxy) is 1. The van der Waals surface area contributed by atoms with E-state index in [4.69, 9.17) is 4.74 Å². The van der Waals surface area contributed by atoms with Gasteiger partial charge in [-0.3, -0.25) is 9.59 Å². The molecule has 0 saturated carbocycles. The summed E-state index contributed by atoms with van der Waals surface area (Å²) in [5, 5.41) is 5.85. The van der Waals surface area contributed by atoms with Gasteiger partial charge in [-0.2, -0.15) is 0 Å². The van der Waals surface area contributed by atoms with Crippen LogP contribution in [0.2, 0.25) is 0 Å². The first kappa shape index (κ1) is 31.5. The summed E-state index contributed by atoms with van der Waals surface area (Å²) >= 11 is 0. The van der Waals surface area contributed by atoms with Gasteiger partial charge in [-0.05, 0) is 83.4 Å². The molecule has 0 aliphatic rings. The molecule has 0 spiro atoms. The van der Waals surface area contributed by atoms with Crippen molar-refractivity contribution in [2.75, 3.05) is 6.54 Å². The highest BCUT2D eigenvalue weighted by Gasteiger charge is 2.39. The molecule has 7 nitrogen and oxygen atoms in total. The summed E-state index contributed by atoms with van der Waals surface area (Å²) in [6, 6.07) is 4.01. The Hall–Kier alpha value is -2.57. The number of benzene rings is 1. The number of hydrogen-bond acceptors (Lipinski definition) is 4. The second-order valence-corrected chi connectivity index (χ2v) is 11.2. The number of aryl methyl sites for hydroxylation is 1. The van der Waals surface area contributed by atoms with Crippen LogP contribution in [0.5, 0.6) is 0 Å². The monoisotopic (exact) mass is 503 g/mol. The van der Waals surface area contributed by atoms with Crippen molar-refractivity contribution < 1.29 is 19.1 Å². The van der Waals surface area contributed by atoms with Crippen LogP contribution in [0, 0.1) is 19.8 Å². The molecule has 1 aromatic rings. The lowest BCUT2D eigenvalue weighted by Crippen LogP contribution is -2.56. The largest absolute Gasteiger partial charge is 0.444 e. The van der Waals surface area contributed by atoms with Crippen LogP contribution in [-0.2, 0) is 14.3 Å². The number of nitrogens with one attached hydrogen (secondary N) is 2. The third-order valence-corrected chi connectivity index (χ3v) is 6.31. The third kappa shape index (κ3) is 9.47. The van der Waals surface area contributed by atoms with Crippen LogP contribution >= 0.6 is 0 Å². The summed E-state index contributed by atoms with van der Waals surface area (Å²) in [6.45, 7) is 19.9. The van der Waals surface area contributed by atoms with E-state index < -0.39 is 23.8 Å². The lowest BCUT2D eigenvalue weighted by atomic mass is 9.93. The minimum Gasteiger partial charge on any atom is -0.444 e. The maximum Gasteiger partial charge on any atom is 0.408 e. The van der Waals surface area contributed by atoms with Gasteiger partial charge in [0.25, 0.3) is 0 Å². The molecular formula is C29H49N3O4. The van der Waals surface area contributed by atoms with Crippen LogP contribution in [-0.4, -0.2) is 47.0 Å². The van der Waals surface area contributed by atoms with E-state index in [9.17, 15) is 14.4 Å². The molecule has 0 heterocycles. The number of rotatable bonds is 12. The van der Waals surface area contributed by atoms with E-state index >= 15 is 0 Å². The molecule has 0 saturated heterocycles. The average Bonchev–Trinajstić information content (AvgIpc) is 2.76. The van der Waals surface area contributed by atoms with Crippen LogP contribution in [0.4, 0.5) is 4.79 Å². The molecule has 3 atom stereocenters. The minimum atomic E-state index is -0.815. The van der Waals surface area contributed by atoms with Crippen molar-refractivity contribution in [2.24, 2.45) is 5.92 Å². The predicted octanol–water partition coefficient (Wildman–Crippen LogP) is 5.83. The highest BCUT2D eigenvalue weighted by atomic mass is 16.6. The first-order valence-electron chi connectivity index (χ1n) is 13.4. The molecule has 1 aromatic carbocycles. The van der Waals surface area contributed by atoms with Crippen molar-refractivity contribution in [2.45, 2.75) is 119 Å². The Morgan fingerprint density at radius 3 is 2.22 bits per heavy atom. The predicted molar refractivity (Wildman–Crippen MR) is 146 cm³/mol. The first-order chi connectivity index (χ1) is 16.7. The Morgan fingerprint density at radius 2 is 1.69 bits per heavy atom. The van der Waals surface area contributed by atoms with Gasteiger partial charge in [0.2, 0.25) is 11.8 Å². The molecule has 1 rings (SSSR count). The van der Waals surface area contributed by atoms with Crippen molar-refractivity contribution in [3.8, 4) is 0 Å². The fourth-order valence-corrected chi connectivity index (χ4v) is 4.09. The third-order valence-electron chi connectivity index (χ3n) is 6.31. The average molecular weight is 504 g/mol. The summed E-state index contributed by atoms with van der Waals surface area (Å²) in [6.07, 6.45) is 2.27. The highest BCUT2D eigenvalue weighted by molar-refractivity contribution is 5.92. The van der Waals surface area contributed by atoms with Gasteiger partial charge in [0.05, 0.1) is 0 Å². The van der Waals surface area contributed by atoms with Gasteiger partial charge < -0.3 is 20.3 Å². The molecule has 204 valence electrons. The Morgan fingerprint density at radius 1 is 1.06 bits per heavy atom. The molecule has 3 unspecified atom stereocenters. The van der Waals surface area contributed by atoms with Crippen LogP contribution in [0.3, 0.4) is 0 Å². The molecule has 2 N–H and O–H groups in total. The zero-order valence-electron chi connectivity index (χ0n) is 24.2. The van der Waals surface area contributed by atoms with E-state index in [2.05, 4.69) is 17.6 Å². The smallest absolute Gasteiger partial charge is 0.408 e. The van der Waals surface area contributed by atoms with E-state index in [-0.39, 0.29) is 23.8 Å². The molecule has 0 fully saturated rings. The second kappa shape index (κ2) is 14.2. The van der Waals surface area contributed by atoms with E-state index in [1.54, 1.807) is 25.7 Å². The molecule has 36 heavy (non-hydrogen) atoms. The van der Waals surface area contributed by atoms with E-state index in [0.717, 1.165) is 29.5 Å². The first-order valence-corrected chi connectivity index (χ1v) is 13.4. The molecule has 0 aromatic heterocycles. The Bertz CT molecular complexity index is 876. The number of nitrogens with zero attached hydrogens (tertiary/aromatic N) is 1. The lowest BCUT2D eigenvalue weighted by Gasteiger charge is -2.39. The van der Waals surface area contributed by atoms with Gasteiger partial charge in [-0.15, -0.1) is 0 Å². The van der Waals surface area contributed by atoms with Gasteiger partial charge in [0.1, 0.15) is 17.7 Å². The zero-order chi connectivity index (χ0) is 27.6. The fourth-order valence-electron chi connectivity index (χ4n) is 4.09. The van der Waals surface area contributed by atoms with E-state index in [0.29, 0.717) is 19.4 Å². The zero-order valence-corrected chi connectivity index (χ0v) is 24.2. The van der Waals surface area contributed by atoms with Gasteiger partial charge >= 0.3 is 6.09 Å². The van der Waals surface area contributed by atoms with E-state index in [1.165, 1.54) is 0 Å². The Balaban J connectivity index is 3.57. The van der Waals surface area contributed by atoms with Crippen LogP contribution in [0.15, 0.2) is 18.2 Å². The number of carbonyl (C=O) groups excluding carboxylic acids is 3. The van der Waals surface area contributed by atoms with Crippen molar-refractivity contribution >= 4 is 17.9 Å². The van der Waals surface area contributed by atoms with Crippen molar-refractivity contribution in [3.63, 3.8) is 0 Å². The number of amides is 3. The van der Waals surface area contributed by atoms with Crippen LogP contribution in [0.25, 0.3) is 0 Å². The number of alkyl carbamates (subject to hydrolysis) is 1. The van der Waals surface area contributed by atoms with Gasteiger partial charge in [-0.1, -0.05) is 52.3 Å².